The lowest BCUT2D eigenvalue weighted by molar-refractivity contribution is 0.0987. The van der Waals surface area contributed by atoms with Gasteiger partial charge in [0.15, 0.2) is 5.78 Å². The van der Waals surface area contributed by atoms with E-state index in [4.69, 9.17) is 4.42 Å². The van der Waals surface area contributed by atoms with Gasteiger partial charge in [0, 0.05) is 6.42 Å². The molecule has 1 rings (SSSR count). The Balaban J connectivity index is 3.03. The van der Waals surface area contributed by atoms with Crippen molar-refractivity contribution in [1.82, 2.24) is 0 Å². The molecular formula is C13H22O2Si. The van der Waals surface area contributed by atoms with Gasteiger partial charge in [-0.1, -0.05) is 45.8 Å². The molecule has 0 aliphatic heterocycles. The second-order valence-corrected chi connectivity index (χ2v) is 9.49. The average Bonchev–Trinajstić information content (AvgIpc) is 2.81. The monoisotopic (exact) mass is 238 g/mol. The standard InChI is InChI=1S/C13H22O2Si/c1-5-12(14)11-9-13(15-10-11)16(6-2,7-3)8-4/h9-10H,5-8H2,1-4H3. The van der Waals surface area contributed by atoms with E-state index < -0.39 is 8.07 Å². The van der Waals surface area contributed by atoms with Crippen molar-refractivity contribution in [1.29, 1.82) is 0 Å². The molecule has 1 aromatic heterocycles. The Hall–Kier alpha value is -0.833. The SMILES string of the molecule is CCC(=O)c1coc([Si](CC)(CC)CC)c1. The van der Waals surface area contributed by atoms with Crippen LogP contribution in [0.1, 0.15) is 44.5 Å². The van der Waals surface area contributed by atoms with Crippen LogP contribution >= 0.6 is 0 Å². The highest BCUT2D eigenvalue weighted by Gasteiger charge is 2.33. The molecule has 0 spiro atoms. The molecule has 90 valence electrons. The predicted molar refractivity (Wildman–Crippen MR) is 70.2 cm³/mol. The minimum Gasteiger partial charge on any atom is -0.474 e. The molecule has 0 bridgehead atoms. The van der Waals surface area contributed by atoms with Crippen molar-refractivity contribution < 1.29 is 9.21 Å². The minimum atomic E-state index is -1.45. The Morgan fingerprint density at radius 1 is 1.19 bits per heavy atom. The summed E-state index contributed by atoms with van der Waals surface area (Å²) in [4.78, 5) is 11.6. The Morgan fingerprint density at radius 2 is 1.75 bits per heavy atom. The number of hydrogen-bond acceptors (Lipinski definition) is 2. The van der Waals surface area contributed by atoms with Crippen LogP contribution in [0, 0.1) is 0 Å². The number of furan rings is 1. The summed E-state index contributed by atoms with van der Waals surface area (Å²) < 4.78 is 5.67. The fraction of sp³-hybridized carbons (Fsp3) is 0.615. The van der Waals surface area contributed by atoms with Crippen LogP contribution in [0.2, 0.25) is 18.1 Å². The van der Waals surface area contributed by atoms with E-state index in [2.05, 4.69) is 20.8 Å². The molecule has 3 heteroatoms. The number of carbonyl (C=O) groups is 1. The van der Waals surface area contributed by atoms with Crippen molar-refractivity contribution in [2.75, 3.05) is 0 Å². The maximum atomic E-state index is 11.6. The second kappa shape index (κ2) is 5.48. The quantitative estimate of drug-likeness (QED) is 0.560. The third-order valence-corrected chi connectivity index (χ3v) is 9.16. The molecule has 0 saturated carbocycles. The zero-order valence-corrected chi connectivity index (χ0v) is 11.8. The van der Waals surface area contributed by atoms with Gasteiger partial charge >= 0.3 is 0 Å². The maximum absolute atomic E-state index is 11.6. The van der Waals surface area contributed by atoms with Crippen molar-refractivity contribution in [2.24, 2.45) is 0 Å². The van der Waals surface area contributed by atoms with Gasteiger partial charge in [-0.15, -0.1) is 0 Å². The lowest BCUT2D eigenvalue weighted by Gasteiger charge is -2.24. The first-order valence-corrected chi connectivity index (χ1v) is 8.87. The van der Waals surface area contributed by atoms with E-state index in [1.165, 1.54) is 18.1 Å². The largest absolute Gasteiger partial charge is 0.474 e. The van der Waals surface area contributed by atoms with Crippen LogP contribution in [0.25, 0.3) is 0 Å². The van der Waals surface area contributed by atoms with Crippen LogP contribution in [0.5, 0.6) is 0 Å². The molecule has 0 unspecified atom stereocenters. The van der Waals surface area contributed by atoms with Gasteiger partial charge in [0.25, 0.3) is 0 Å². The van der Waals surface area contributed by atoms with Crippen LogP contribution in [0.15, 0.2) is 16.7 Å². The molecule has 0 atom stereocenters. The number of hydrogen-bond donors (Lipinski definition) is 0. The fourth-order valence-corrected chi connectivity index (χ4v) is 5.55. The molecule has 0 amide bonds. The van der Waals surface area contributed by atoms with Crippen molar-refractivity contribution in [3.05, 3.63) is 17.9 Å². The van der Waals surface area contributed by atoms with E-state index in [9.17, 15) is 4.79 Å². The van der Waals surface area contributed by atoms with E-state index in [0.29, 0.717) is 6.42 Å². The fourth-order valence-electron chi connectivity index (χ4n) is 2.24. The lowest BCUT2D eigenvalue weighted by atomic mass is 10.2. The molecule has 0 aliphatic carbocycles. The topological polar surface area (TPSA) is 30.2 Å². The van der Waals surface area contributed by atoms with Crippen LogP contribution in [0.4, 0.5) is 0 Å². The first-order valence-electron chi connectivity index (χ1n) is 6.25. The molecule has 0 N–H and O–H groups in total. The van der Waals surface area contributed by atoms with E-state index in [-0.39, 0.29) is 5.78 Å². The van der Waals surface area contributed by atoms with E-state index in [1.807, 2.05) is 13.0 Å². The van der Waals surface area contributed by atoms with E-state index >= 15 is 0 Å². The van der Waals surface area contributed by atoms with Gasteiger partial charge in [0.05, 0.1) is 10.9 Å². The summed E-state index contributed by atoms with van der Waals surface area (Å²) in [5.41, 5.74) is 0.754. The summed E-state index contributed by atoms with van der Waals surface area (Å²) in [6.45, 7) is 8.61. The first kappa shape index (κ1) is 13.2. The first-order chi connectivity index (χ1) is 7.63. The number of Topliss-reactive ketones (excluding diaryl/α,β-unsaturated/α-hetero) is 1. The molecule has 0 saturated heterocycles. The van der Waals surface area contributed by atoms with Crippen molar-refractivity contribution in [3.8, 4) is 0 Å². The summed E-state index contributed by atoms with van der Waals surface area (Å²) in [5.74, 6) is 0.182. The van der Waals surface area contributed by atoms with Gasteiger partial charge in [0.2, 0.25) is 0 Å². The normalized spacial score (nSPS) is 11.8. The third-order valence-electron chi connectivity index (χ3n) is 3.80. The van der Waals surface area contributed by atoms with Gasteiger partial charge in [-0.3, -0.25) is 4.79 Å². The molecular weight excluding hydrogens is 216 g/mol. The van der Waals surface area contributed by atoms with Crippen molar-refractivity contribution in [3.63, 3.8) is 0 Å². The molecule has 0 aromatic carbocycles. The zero-order chi connectivity index (χ0) is 12.2. The lowest BCUT2D eigenvalue weighted by Crippen LogP contribution is -2.44. The van der Waals surface area contributed by atoms with Gasteiger partial charge < -0.3 is 4.42 Å². The molecule has 16 heavy (non-hydrogen) atoms. The summed E-state index contributed by atoms with van der Waals surface area (Å²) in [6.07, 6.45) is 2.20. The van der Waals surface area contributed by atoms with Crippen LogP contribution < -0.4 is 5.38 Å². The summed E-state index contributed by atoms with van der Waals surface area (Å²) in [6, 6.07) is 5.56. The minimum absolute atomic E-state index is 0.182. The van der Waals surface area contributed by atoms with Crippen LogP contribution in [-0.4, -0.2) is 13.9 Å². The summed E-state index contributed by atoms with van der Waals surface area (Å²) in [5, 5.41) is 1.11. The highest BCUT2D eigenvalue weighted by Crippen LogP contribution is 2.21. The summed E-state index contributed by atoms with van der Waals surface area (Å²) >= 11 is 0. The predicted octanol–water partition coefficient (Wildman–Crippen LogP) is 3.59. The van der Waals surface area contributed by atoms with Crippen molar-refractivity contribution >= 4 is 19.2 Å². The van der Waals surface area contributed by atoms with Gasteiger partial charge in [-0.05, 0) is 6.07 Å². The molecule has 1 aromatic rings. The number of ketones is 1. The number of rotatable bonds is 6. The highest BCUT2D eigenvalue weighted by molar-refractivity contribution is 6.90. The molecule has 0 fully saturated rings. The molecule has 2 nitrogen and oxygen atoms in total. The average molecular weight is 238 g/mol. The highest BCUT2D eigenvalue weighted by atomic mass is 28.3. The molecule has 0 radical (unpaired) electrons. The van der Waals surface area contributed by atoms with Crippen LogP contribution in [-0.2, 0) is 0 Å². The Morgan fingerprint density at radius 3 is 2.19 bits per heavy atom. The Kier molecular flexibility index (Phi) is 4.53. The molecule has 0 aliphatic rings. The Bertz CT molecular complexity index is 342. The third kappa shape index (κ3) is 2.29. The zero-order valence-electron chi connectivity index (χ0n) is 10.8. The van der Waals surface area contributed by atoms with Gasteiger partial charge in [0.1, 0.15) is 14.3 Å². The number of carbonyl (C=O) groups excluding carboxylic acids is 1. The second-order valence-electron chi connectivity index (χ2n) is 4.32. The molecule has 1 heterocycles. The summed E-state index contributed by atoms with van der Waals surface area (Å²) in [7, 11) is -1.45. The van der Waals surface area contributed by atoms with Crippen LogP contribution in [0.3, 0.4) is 0 Å². The Labute approximate surface area is 99.1 Å². The maximum Gasteiger partial charge on any atom is 0.165 e. The van der Waals surface area contributed by atoms with Gasteiger partial charge in [-0.2, -0.15) is 0 Å². The van der Waals surface area contributed by atoms with Crippen molar-refractivity contribution in [2.45, 2.75) is 52.2 Å². The van der Waals surface area contributed by atoms with E-state index in [0.717, 1.165) is 10.9 Å². The smallest absolute Gasteiger partial charge is 0.165 e. The van der Waals surface area contributed by atoms with Gasteiger partial charge in [-0.25, -0.2) is 0 Å². The van der Waals surface area contributed by atoms with E-state index in [1.54, 1.807) is 6.26 Å².